The highest BCUT2D eigenvalue weighted by molar-refractivity contribution is 5.78. The molecule has 0 spiro atoms. The summed E-state index contributed by atoms with van der Waals surface area (Å²) in [6.07, 6.45) is 4.35. The van der Waals surface area contributed by atoms with E-state index in [2.05, 4.69) is 35.5 Å². The van der Waals surface area contributed by atoms with Crippen LogP contribution in [0, 0.1) is 0 Å². The topological polar surface area (TPSA) is 30.8 Å². The second-order valence-corrected chi connectivity index (χ2v) is 5.68. The first-order valence-electron chi connectivity index (χ1n) is 7.56. The van der Waals surface area contributed by atoms with Gasteiger partial charge in [-0.2, -0.15) is 0 Å². The summed E-state index contributed by atoms with van der Waals surface area (Å²) in [4.78, 5) is 4.22. The summed E-state index contributed by atoms with van der Waals surface area (Å²) in [7, 11) is 3.50. The zero-order chi connectivity index (χ0) is 15.4. The van der Waals surface area contributed by atoms with Crippen LogP contribution < -0.4 is 9.47 Å². The van der Waals surface area contributed by atoms with Gasteiger partial charge in [0.1, 0.15) is 6.61 Å². The van der Waals surface area contributed by atoms with Crippen molar-refractivity contribution in [3.8, 4) is 11.5 Å². The van der Waals surface area contributed by atoms with Gasteiger partial charge in [0.05, 0.1) is 7.11 Å². The lowest BCUT2D eigenvalue weighted by Gasteiger charge is -2.15. The molecule has 1 aliphatic rings. The number of methoxy groups -OCH3 is 1. The lowest BCUT2D eigenvalue weighted by Crippen LogP contribution is -2.09. The van der Waals surface area contributed by atoms with E-state index in [1.165, 1.54) is 5.56 Å². The second kappa shape index (κ2) is 6.22. The molecule has 3 rings (SSSR count). The van der Waals surface area contributed by atoms with Crippen LogP contribution in [0.1, 0.15) is 24.0 Å². The van der Waals surface area contributed by atoms with Crippen LogP contribution in [0.4, 0.5) is 0 Å². The van der Waals surface area contributed by atoms with Crippen LogP contribution in [0.3, 0.4) is 0 Å². The summed E-state index contributed by atoms with van der Waals surface area (Å²) in [5.41, 5.74) is 2.50. The Bertz CT molecular complexity index is 660. The molecular formula is C19H21NO2. The van der Waals surface area contributed by atoms with Gasteiger partial charge in [0, 0.05) is 18.7 Å². The Morgan fingerprint density at radius 1 is 1.09 bits per heavy atom. The molecule has 114 valence electrons. The van der Waals surface area contributed by atoms with Crippen molar-refractivity contribution < 1.29 is 9.47 Å². The molecule has 0 aromatic heterocycles. The Labute approximate surface area is 131 Å². The molecule has 0 heterocycles. The molecule has 0 N–H and O–H groups in total. The zero-order valence-electron chi connectivity index (χ0n) is 13.1. The third-order valence-electron chi connectivity index (χ3n) is 4.14. The first-order valence-corrected chi connectivity index (χ1v) is 7.56. The van der Waals surface area contributed by atoms with Gasteiger partial charge in [0.2, 0.25) is 0 Å². The summed E-state index contributed by atoms with van der Waals surface area (Å²) in [5, 5.41) is 0. The molecule has 2 aromatic carbocycles. The number of hydrogen-bond acceptors (Lipinski definition) is 3. The monoisotopic (exact) mass is 295 g/mol. The maximum atomic E-state index is 5.99. The fraction of sp³-hybridized carbons (Fsp3) is 0.316. The predicted octanol–water partition coefficient (Wildman–Crippen LogP) is 4.01. The highest BCUT2D eigenvalue weighted by Crippen LogP contribution is 2.48. The fourth-order valence-electron chi connectivity index (χ4n) is 2.71. The van der Waals surface area contributed by atoms with E-state index in [-0.39, 0.29) is 5.41 Å². The highest BCUT2D eigenvalue weighted by atomic mass is 16.5. The van der Waals surface area contributed by atoms with Gasteiger partial charge in [-0.25, -0.2) is 0 Å². The van der Waals surface area contributed by atoms with Crippen molar-refractivity contribution in [1.29, 1.82) is 0 Å². The van der Waals surface area contributed by atoms with Crippen molar-refractivity contribution in [2.24, 2.45) is 4.99 Å². The molecule has 1 fully saturated rings. The Kier molecular flexibility index (Phi) is 4.14. The molecule has 1 aliphatic carbocycles. The first-order chi connectivity index (χ1) is 10.8. The van der Waals surface area contributed by atoms with E-state index in [4.69, 9.17) is 9.47 Å². The maximum Gasteiger partial charge on any atom is 0.161 e. The lowest BCUT2D eigenvalue weighted by atomic mass is 9.97. The zero-order valence-corrected chi connectivity index (χ0v) is 13.1. The second-order valence-electron chi connectivity index (χ2n) is 5.68. The molecule has 0 bridgehead atoms. The summed E-state index contributed by atoms with van der Waals surface area (Å²) in [6, 6.07) is 16.3. The molecule has 1 saturated carbocycles. The molecule has 3 heteroatoms. The maximum absolute atomic E-state index is 5.99. The third-order valence-corrected chi connectivity index (χ3v) is 4.14. The Balaban J connectivity index is 1.82. The van der Waals surface area contributed by atoms with Crippen molar-refractivity contribution in [2.75, 3.05) is 14.2 Å². The quantitative estimate of drug-likeness (QED) is 0.754. The molecule has 0 radical (unpaired) electrons. The minimum absolute atomic E-state index is 0.103. The average Bonchev–Trinajstić information content (AvgIpc) is 3.35. The van der Waals surface area contributed by atoms with E-state index in [1.54, 1.807) is 7.11 Å². The van der Waals surface area contributed by atoms with E-state index in [1.807, 2.05) is 31.3 Å². The Morgan fingerprint density at radius 3 is 2.50 bits per heavy atom. The van der Waals surface area contributed by atoms with E-state index in [9.17, 15) is 0 Å². The van der Waals surface area contributed by atoms with Crippen molar-refractivity contribution in [3.63, 3.8) is 0 Å². The van der Waals surface area contributed by atoms with Gasteiger partial charge >= 0.3 is 0 Å². The summed E-state index contributed by atoms with van der Waals surface area (Å²) < 4.78 is 11.4. The number of rotatable bonds is 6. The van der Waals surface area contributed by atoms with Gasteiger partial charge in [-0.05, 0) is 36.1 Å². The van der Waals surface area contributed by atoms with Crippen LogP contribution >= 0.6 is 0 Å². The standard InChI is InChI=1S/C19H21NO2/c1-20-14-19(10-11-19)16-8-9-17(21-2)18(12-16)22-13-15-6-4-3-5-7-15/h3-9,12,14H,10-11,13H2,1-2H3. The van der Waals surface area contributed by atoms with Gasteiger partial charge in [-0.15, -0.1) is 0 Å². The van der Waals surface area contributed by atoms with E-state index < -0.39 is 0 Å². The molecule has 0 amide bonds. The molecule has 0 unspecified atom stereocenters. The predicted molar refractivity (Wildman–Crippen MR) is 89.1 cm³/mol. The Hall–Kier alpha value is -2.29. The van der Waals surface area contributed by atoms with Gasteiger partial charge in [0.15, 0.2) is 11.5 Å². The van der Waals surface area contributed by atoms with Gasteiger partial charge in [-0.3, -0.25) is 4.99 Å². The van der Waals surface area contributed by atoms with Crippen LogP contribution in [0.25, 0.3) is 0 Å². The van der Waals surface area contributed by atoms with Crippen LogP contribution in [0.5, 0.6) is 11.5 Å². The number of ether oxygens (including phenoxy) is 2. The lowest BCUT2D eigenvalue weighted by molar-refractivity contribution is 0.284. The molecule has 3 nitrogen and oxygen atoms in total. The molecular weight excluding hydrogens is 274 g/mol. The van der Waals surface area contributed by atoms with Crippen molar-refractivity contribution in [3.05, 3.63) is 59.7 Å². The summed E-state index contributed by atoms with van der Waals surface area (Å²) in [5.74, 6) is 1.56. The molecule has 22 heavy (non-hydrogen) atoms. The number of nitrogens with zero attached hydrogens (tertiary/aromatic N) is 1. The fourth-order valence-corrected chi connectivity index (χ4v) is 2.71. The van der Waals surface area contributed by atoms with E-state index >= 15 is 0 Å². The molecule has 0 atom stereocenters. The first kappa shape index (κ1) is 14.6. The smallest absolute Gasteiger partial charge is 0.161 e. The number of hydrogen-bond donors (Lipinski definition) is 0. The van der Waals surface area contributed by atoms with Crippen LogP contribution in [-0.4, -0.2) is 20.4 Å². The molecule has 0 saturated heterocycles. The normalized spacial score (nSPS) is 15.7. The van der Waals surface area contributed by atoms with Crippen LogP contribution in [-0.2, 0) is 12.0 Å². The van der Waals surface area contributed by atoms with Crippen molar-refractivity contribution in [1.82, 2.24) is 0 Å². The Morgan fingerprint density at radius 2 is 1.86 bits per heavy atom. The van der Waals surface area contributed by atoms with Crippen LogP contribution in [0.15, 0.2) is 53.5 Å². The number of benzene rings is 2. The SMILES string of the molecule is CN=CC1(c2ccc(OC)c(OCc3ccccc3)c2)CC1. The average molecular weight is 295 g/mol. The van der Waals surface area contributed by atoms with E-state index in [0.29, 0.717) is 6.61 Å². The molecule has 2 aromatic rings. The number of aliphatic imine (C=N–C) groups is 1. The summed E-state index contributed by atoms with van der Waals surface area (Å²) in [6.45, 7) is 0.537. The van der Waals surface area contributed by atoms with Crippen molar-refractivity contribution >= 4 is 6.21 Å². The minimum Gasteiger partial charge on any atom is -0.493 e. The third kappa shape index (κ3) is 2.98. The van der Waals surface area contributed by atoms with Gasteiger partial charge < -0.3 is 9.47 Å². The van der Waals surface area contributed by atoms with Crippen molar-refractivity contribution in [2.45, 2.75) is 24.9 Å². The van der Waals surface area contributed by atoms with Gasteiger partial charge in [-0.1, -0.05) is 36.4 Å². The van der Waals surface area contributed by atoms with E-state index in [0.717, 1.165) is 29.9 Å². The van der Waals surface area contributed by atoms with Gasteiger partial charge in [0.25, 0.3) is 0 Å². The summed E-state index contributed by atoms with van der Waals surface area (Å²) >= 11 is 0. The highest BCUT2D eigenvalue weighted by Gasteiger charge is 2.43. The largest absolute Gasteiger partial charge is 0.493 e. The molecule has 0 aliphatic heterocycles. The minimum atomic E-state index is 0.103. The van der Waals surface area contributed by atoms with Crippen LogP contribution in [0.2, 0.25) is 0 Å².